The zero-order chi connectivity index (χ0) is 7.98. The fourth-order valence-corrected chi connectivity index (χ4v) is 1.29. The molecule has 1 heteroatoms. The summed E-state index contributed by atoms with van der Waals surface area (Å²) in [6, 6.07) is 0. The molecule has 0 aromatic heterocycles. The van der Waals surface area contributed by atoms with Gasteiger partial charge in [0.15, 0.2) is 0 Å². The van der Waals surface area contributed by atoms with Crippen LogP contribution in [0.3, 0.4) is 0 Å². The Hall–Kier alpha value is -0.0400. The predicted octanol–water partition coefficient (Wildman–Crippen LogP) is 2.71. The standard InChI is InChI=1S/C7H14O.C2H6/c1-6-3-7(2)5-8-4-6;1-2/h6-7H,3-5H2,1-2H3;1-2H3/t6-,7?;/m0./s1. The average molecular weight is 144 g/mol. The highest BCUT2D eigenvalue weighted by Crippen LogP contribution is 2.17. The quantitative estimate of drug-likeness (QED) is 0.508. The van der Waals surface area contributed by atoms with Gasteiger partial charge in [-0.3, -0.25) is 0 Å². The number of hydrogen-bond acceptors (Lipinski definition) is 1. The van der Waals surface area contributed by atoms with Crippen LogP contribution in [-0.2, 0) is 4.74 Å². The second-order valence-electron chi connectivity index (χ2n) is 2.98. The maximum Gasteiger partial charge on any atom is 0.0491 e. The van der Waals surface area contributed by atoms with E-state index in [4.69, 9.17) is 4.74 Å². The average Bonchev–Trinajstić information content (AvgIpc) is 1.91. The van der Waals surface area contributed by atoms with Gasteiger partial charge in [0, 0.05) is 13.2 Å². The topological polar surface area (TPSA) is 9.23 Å². The Labute approximate surface area is 64.8 Å². The van der Waals surface area contributed by atoms with E-state index in [1.165, 1.54) is 6.42 Å². The van der Waals surface area contributed by atoms with Crippen molar-refractivity contribution in [2.24, 2.45) is 11.8 Å². The largest absolute Gasteiger partial charge is 0.381 e. The lowest BCUT2D eigenvalue weighted by atomic mass is 9.96. The Morgan fingerprint density at radius 3 is 1.60 bits per heavy atom. The first kappa shape index (κ1) is 9.96. The second kappa shape index (κ2) is 5.72. The van der Waals surface area contributed by atoms with Crippen LogP contribution in [0.2, 0.25) is 0 Å². The van der Waals surface area contributed by atoms with Gasteiger partial charge in [0.05, 0.1) is 0 Å². The molecule has 1 rings (SSSR count). The third kappa shape index (κ3) is 3.89. The molecule has 62 valence electrons. The Morgan fingerprint density at radius 1 is 1.00 bits per heavy atom. The van der Waals surface area contributed by atoms with Gasteiger partial charge in [-0.05, 0) is 18.3 Å². The highest BCUT2D eigenvalue weighted by atomic mass is 16.5. The van der Waals surface area contributed by atoms with Gasteiger partial charge >= 0.3 is 0 Å². The van der Waals surface area contributed by atoms with Gasteiger partial charge in [0.1, 0.15) is 0 Å². The minimum absolute atomic E-state index is 0.791. The maximum absolute atomic E-state index is 5.29. The van der Waals surface area contributed by atoms with Crippen LogP contribution in [0.5, 0.6) is 0 Å². The summed E-state index contributed by atoms with van der Waals surface area (Å²) in [7, 11) is 0. The van der Waals surface area contributed by atoms with Gasteiger partial charge in [-0.25, -0.2) is 0 Å². The monoisotopic (exact) mass is 144 g/mol. The van der Waals surface area contributed by atoms with E-state index in [0.29, 0.717) is 0 Å². The highest BCUT2D eigenvalue weighted by molar-refractivity contribution is 4.62. The molecule has 0 spiro atoms. The normalized spacial score (nSPS) is 32.4. The Morgan fingerprint density at radius 2 is 1.40 bits per heavy atom. The first-order valence-electron chi connectivity index (χ1n) is 4.37. The zero-order valence-electron chi connectivity index (χ0n) is 7.68. The number of ether oxygens (including phenoxy) is 1. The van der Waals surface area contributed by atoms with Gasteiger partial charge in [0.2, 0.25) is 0 Å². The van der Waals surface area contributed by atoms with E-state index >= 15 is 0 Å². The summed E-state index contributed by atoms with van der Waals surface area (Å²) in [5, 5.41) is 0. The van der Waals surface area contributed by atoms with E-state index in [9.17, 15) is 0 Å². The van der Waals surface area contributed by atoms with Crippen molar-refractivity contribution in [3.63, 3.8) is 0 Å². The fraction of sp³-hybridized carbons (Fsp3) is 1.00. The molecule has 1 heterocycles. The lowest BCUT2D eigenvalue weighted by Crippen LogP contribution is -2.21. The maximum atomic E-state index is 5.29. The molecule has 0 amide bonds. The van der Waals surface area contributed by atoms with Crippen molar-refractivity contribution in [3.05, 3.63) is 0 Å². The molecular weight excluding hydrogens is 124 g/mol. The molecule has 0 aliphatic carbocycles. The van der Waals surface area contributed by atoms with Crippen LogP contribution >= 0.6 is 0 Å². The van der Waals surface area contributed by atoms with Crippen molar-refractivity contribution in [2.45, 2.75) is 34.1 Å². The summed E-state index contributed by atoms with van der Waals surface area (Å²) in [6.07, 6.45) is 1.35. The molecule has 0 aromatic rings. The molecule has 10 heavy (non-hydrogen) atoms. The summed E-state index contributed by atoms with van der Waals surface area (Å²) in [4.78, 5) is 0. The van der Waals surface area contributed by atoms with Gasteiger partial charge in [-0.2, -0.15) is 0 Å². The highest BCUT2D eigenvalue weighted by Gasteiger charge is 2.14. The Bertz CT molecular complexity index is 63.1. The molecule has 1 fully saturated rings. The predicted molar refractivity (Wildman–Crippen MR) is 45.1 cm³/mol. The van der Waals surface area contributed by atoms with E-state index in [1.54, 1.807) is 0 Å². The molecule has 1 saturated heterocycles. The minimum Gasteiger partial charge on any atom is -0.381 e. The molecule has 1 nitrogen and oxygen atoms in total. The molecule has 0 radical (unpaired) electrons. The lowest BCUT2D eigenvalue weighted by molar-refractivity contribution is 0.0274. The smallest absolute Gasteiger partial charge is 0.0491 e. The summed E-state index contributed by atoms with van der Waals surface area (Å²) in [5.74, 6) is 1.58. The van der Waals surface area contributed by atoms with E-state index in [1.807, 2.05) is 13.8 Å². The van der Waals surface area contributed by atoms with Gasteiger partial charge in [-0.1, -0.05) is 27.7 Å². The van der Waals surface area contributed by atoms with Crippen molar-refractivity contribution >= 4 is 0 Å². The summed E-state index contributed by atoms with van der Waals surface area (Å²) < 4.78 is 5.29. The SMILES string of the molecule is CC.CC1COC[C@@H](C)C1. The third-order valence-electron chi connectivity index (χ3n) is 1.61. The van der Waals surface area contributed by atoms with E-state index in [2.05, 4.69) is 13.8 Å². The molecule has 0 bridgehead atoms. The first-order valence-corrected chi connectivity index (χ1v) is 4.37. The van der Waals surface area contributed by atoms with E-state index in [-0.39, 0.29) is 0 Å². The van der Waals surface area contributed by atoms with Crippen LogP contribution in [0, 0.1) is 11.8 Å². The molecule has 1 aliphatic rings. The third-order valence-corrected chi connectivity index (χ3v) is 1.61. The lowest BCUT2D eigenvalue weighted by Gasteiger charge is -2.23. The van der Waals surface area contributed by atoms with Crippen LogP contribution in [-0.4, -0.2) is 13.2 Å². The Balaban J connectivity index is 0.000000371. The van der Waals surface area contributed by atoms with Gasteiger partial charge < -0.3 is 4.74 Å². The van der Waals surface area contributed by atoms with E-state index in [0.717, 1.165) is 25.0 Å². The number of hydrogen-bond donors (Lipinski definition) is 0. The molecule has 2 atom stereocenters. The van der Waals surface area contributed by atoms with E-state index < -0.39 is 0 Å². The van der Waals surface area contributed by atoms with Crippen LogP contribution in [0.15, 0.2) is 0 Å². The first-order chi connectivity index (χ1) is 4.79. The second-order valence-corrected chi connectivity index (χ2v) is 2.98. The number of rotatable bonds is 0. The minimum atomic E-state index is 0.791. The molecule has 1 unspecified atom stereocenters. The summed E-state index contributed by atoms with van der Waals surface area (Å²) >= 11 is 0. The van der Waals surface area contributed by atoms with Crippen molar-refractivity contribution in [1.82, 2.24) is 0 Å². The van der Waals surface area contributed by atoms with Crippen molar-refractivity contribution in [3.8, 4) is 0 Å². The zero-order valence-corrected chi connectivity index (χ0v) is 7.68. The fourth-order valence-electron chi connectivity index (χ4n) is 1.29. The van der Waals surface area contributed by atoms with Gasteiger partial charge in [0.25, 0.3) is 0 Å². The molecular formula is C9H20O. The molecule has 0 saturated carbocycles. The molecule has 0 N–H and O–H groups in total. The summed E-state index contributed by atoms with van der Waals surface area (Å²) in [5.41, 5.74) is 0. The summed E-state index contributed by atoms with van der Waals surface area (Å²) in [6.45, 7) is 10.4. The molecule has 0 aromatic carbocycles. The van der Waals surface area contributed by atoms with Crippen molar-refractivity contribution in [2.75, 3.05) is 13.2 Å². The van der Waals surface area contributed by atoms with Crippen LogP contribution < -0.4 is 0 Å². The van der Waals surface area contributed by atoms with Crippen LogP contribution in [0.4, 0.5) is 0 Å². The van der Waals surface area contributed by atoms with Gasteiger partial charge in [-0.15, -0.1) is 0 Å². The van der Waals surface area contributed by atoms with Crippen LogP contribution in [0.1, 0.15) is 34.1 Å². The van der Waals surface area contributed by atoms with Crippen LogP contribution in [0.25, 0.3) is 0 Å². The van der Waals surface area contributed by atoms with Crippen molar-refractivity contribution in [1.29, 1.82) is 0 Å². The molecule has 1 aliphatic heterocycles. The Kier molecular flexibility index (Phi) is 5.70. The van der Waals surface area contributed by atoms with Crippen molar-refractivity contribution < 1.29 is 4.74 Å².